The van der Waals surface area contributed by atoms with Crippen LogP contribution in [-0.2, 0) is 0 Å². The fraction of sp³-hybridized carbons (Fsp3) is 0.222. The van der Waals surface area contributed by atoms with Crippen molar-refractivity contribution < 1.29 is 9.59 Å². The van der Waals surface area contributed by atoms with E-state index in [9.17, 15) is 9.59 Å². The minimum absolute atomic E-state index is 0.0186. The standard InChI is InChI=1S/C18H17ClN2O2/c19-15-8-1-2-9-16(15)20-17(22)13-6-5-7-14(12-13)18(23)21-10-3-4-11-21/h1-2,5-9,12H,3-4,10-11H2,(H,20,22). The topological polar surface area (TPSA) is 49.4 Å². The third-order valence-electron chi connectivity index (χ3n) is 3.89. The van der Waals surface area contributed by atoms with Gasteiger partial charge in [0.25, 0.3) is 11.8 Å². The summed E-state index contributed by atoms with van der Waals surface area (Å²) in [7, 11) is 0. The van der Waals surface area contributed by atoms with Crippen molar-refractivity contribution in [3.63, 3.8) is 0 Å². The lowest BCUT2D eigenvalue weighted by atomic mass is 10.1. The van der Waals surface area contributed by atoms with Crippen LogP contribution in [0.5, 0.6) is 0 Å². The van der Waals surface area contributed by atoms with Crippen molar-refractivity contribution >= 4 is 29.1 Å². The Morgan fingerprint density at radius 1 is 0.957 bits per heavy atom. The highest BCUT2D eigenvalue weighted by Crippen LogP contribution is 2.21. The van der Waals surface area contributed by atoms with E-state index in [0.29, 0.717) is 21.8 Å². The number of hydrogen-bond donors (Lipinski definition) is 1. The smallest absolute Gasteiger partial charge is 0.255 e. The van der Waals surface area contributed by atoms with Gasteiger partial charge in [0.1, 0.15) is 0 Å². The zero-order valence-electron chi connectivity index (χ0n) is 12.6. The average molecular weight is 329 g/mol. The fourth-order valence-electron chi connectivity index (χ4n) is 2.65. The number of hydrogen-bond acceptors (Lipinski definition) is 2. The van der Waals surface area contributed by atoms with Gasteiger partial charge in [0.05, 0.1) is 10.7 Å². The van der Waals surface area contributed by atoms with Crippen LogP contribution in [0.4, 0.5) is 5.69 Å². The van der Waals surface area contributed by atoms with Crippen LogP contribution >= 0.6 is 11.6 Å². The summed E-state index contributed by atoms with van der Waals surface area (Å²) in [6.45, 7) is 1.57. The Labute approximate surface area is 140 Å². The molecule has 3 rings (SSSR count). The molecule has 2 aromatic rings. The summed E-state index contributed by atoms with van der Waals surface area (Å²) in [6, 6.07) is 13.8. The Morgan fingerprint density at radius 3 is 2.39 bits per heavy atom. The first kappa shape index (κ1) is 15.6. The molecule has 4 nitrogen and oxygen atoms in total. The van der Waals surface area contributed by atoms with Crippen molar-refractivity contribution in [2.24, 2.45) is 0 Å². The number of likely N-dealkylation sites (tertiary alicyclic amines) is 1. The SMILES string of the molecule is O=C(Nc1ccccc1Cl)c1cccc(C(=O)N2CCCC2)c1. The maximum atomic E-state index is 12.4. The predicted molar refractivity (Wildman–Crippen MR) is 91.0 cm³/mol. The van der Waals surface area contributed by atoms with Crippen molar-refractivity contribution in [2.45, 2.75) is 12.8 Å². The number of para-hydroxylation sites is 1. The largest absolute Gasteiger partial charge is 0.339 e. The Bertz CT molecular complexity index is 739. The zero-order valence-corrected chi connectivity index (χ0v) is 13.3. The van der Waals surface area contributed by atoms with E-state index in [0.717, 1.165) is 25.9 Å². The Morgan fingerprint density at radius 2 is 1.65 bits per heavy atom. The monoisotopic (exact) mass is 328 g/mol. The molecule has 5 heteroatoms. The van der Waals surface area contributed by atoms with E-state index in [2.05, 4.69) is 5.32 Å². The molecule has 0 spiro atoms. The maximum absolute atomic E-state index is 12.4. The summed E-state index contributed by atoms with van der Waals surface area (Å²) < 4.78 is 0. The fourth-order valence-corrected chi connectivity index (χ4v) is 2.84. The molecule has 2 amide bonds. The minimum atomic E-state index is -0.283. The molecule has 0 unspecified atom stereocenters. The summed E-state index contributed by atoms with van der Waals surface area (Å²) in [6.07, 6.45) is 2.08. The molecule has 1 fully saturated rings. The summed E-state index contributed by atoms with van der Waals surface area (Å²) in [5, 5.41) is 3.24. The van der Waals surface area contributed by atoms with Gasteiger partial charge in [0, 0.05) is 24.2 Å². The number of carbonyl (C=O) groups is 2. The van der Waals surface area contributed by atoms with Crippen molar-refractivity contribution in [2.75, 3.05) is 18.4 Å². The van der Waals surface area contributed by atoms with Gasteiger partial charge < -0.3 is 10.2 Å². The molecule has 1 aliphatic heterocycles. The number of nitrogens with one attached hydrogen (secondary N) is 1. The van der Waals surface area contributed by atoms with Gasteiger partial charge in [-0.25, -0.2) is 0 Å². The van der Waals surface area contributed by atoms with Gasteiger partial charge >= 0.3 is 0 Å². The molecule has 2 aromatic carbocycles. The van der Waals surface area contributed by atoms with Crippen LogP contribution in [0.15, 0.2) is 48.5 Å². The highest BCUT2D eigenvalue weighted by atomic mass is 35.5. The lowest BCUT2D eigenvalue weighted by Crippen LogP contribution is -2.27. The van der Waals surface area contributed by atoms with Gasteiger partial charge in [0.15, 0.2) is 0 Å². The molecule has 23 heavy (non-hydrogen) atoms. The van der Waals surface area contributed by atoms with Crippen molar-refractivity contribution in [3.05, 3.63) is 64.7 Å². The Balaban J connectivity index is 1.77. The molecule has 0 saturated carbocycles. The highest BCUT2D eigenvalue weighted by Gasteiger charge is 2.20. The molecule has 1 aliphatic rings. The minimum Gasteiger partial charge on any atom is -0.339 e. The van der Waals surface area contributed by atoms with Crippen LogP contribution in [0, 0.1) is 0 Å². The molecule has 0 atom stereocenters. The van der Waals surface area contributed by atoms with E-state index in [4.69, 9.17) is 11.6 Å². The second-order valence-corrected chi connectivity index (χ2v) is 5.92. The van der Waals surface area contributed by atoms with E-state index in [1.807, 2.05) is 4.90 Å². The lowest BCUT2D eigenvalue weighted by molar-refractivity contribution is 0.0793. The molecule has 118 valence electrons. The second kappa shape index (κ2) is 6.84. The van der Waals surface area contributed by atoms with Crippen molar-refractivity contribution in [3.8, 4) is 0 Å². The lowest BCUT2D eigenvalue weighted by Gasteiger charge is -2.15. The van der Waals surface area contributed by atoms with Crippen LogP contribution in [0.1, 0.15) is 33.6 Å². The van der Waals surface area contributed by atoms with Gasteiger partial charge in [-0.2, -0.15) is 0 Å². The molecule has 1 N–H and O–H groups in total. The Hall–Kier alpha value is -2.33. The highest BCUT2D eigenvalue weighted by molar-refractivity contribution is 6.33. The van der Waals surface area contributed by atoms with Crippen LogP contribution < -0.4 is 5.32 Å². The molecular weight excluding hydrogens is 312 g/mol. The number of halogens is 1. The zero-order chi connectivity index (χ0) is 16.2. The summed E-state index contributed by atoms with van der Waals surface area (Å²) in [4.78, 5) is 26.6. The second-order valence-electron chi connectivity index (χ2n) is 5.51. The van der Waals surface area contributed by atoms with Gasteiger partial charge in [-0.3, -0.25) is 9.59 Å². The van der Waals surface area contributed by atoms with Crippen LogP contribution in [0.3, 0.4) is 0 Å². The average Bonchev–Trinajstić information content (AvgIpc) is 3.11. The van der Waals surface area contributed by atoms with E-state index in [1.165, 1.54) is 0 Å². The van der Waals surface area contributed by atoms with Gasteiger partial charge in [-0.15, -0.1) is 0 Å². The van der Waals surface area contributed by atoms with E-state index < -0.39 is 0 Å². The van der Waals surface area contributed by atoms with Gasteiger partial charge in [-0.05, 0) is 43.2 Å². The normalized spacial score (nSPS) is 13.9. The number of amides is 2. The summed E-state index contributed by atoms with van der Waals surface area (Å²) in [5.74, 6) is -0.302. The van der Waals surface area contributed by atoms with E-state index in [1.54, 1.807) is 48.5 Å². The molecule has 0 bridgehead atoms. The van der Waals surface area contributed by atoms with Crippen molar-refractivity contribution in [1.29, 1.82) is 0 Å². The summed E-state index contributed by atoms with van der Waals surface area (Å²) >= 11 is 6.05. The maximum Gasteiger partial charge on any atom is 0.255 e. The van der Waals surface area contributed by atoms with Crippen LogP contribution in [-0.4, -0.2) is 29.8 Å². The first-order valence-electron chi connectivity index (χ1n) is 7.60. The number of nitrogens with zero attached hydrogens (tertiary/aromatic N) is 1. The molecule has 0 aliphatic carbocycles. The third kappa shape index (κ3) is 3.54. The quantitative estimate of drug-likeness (QED) is 0.931. The van der Waals surface area contributed by atoms with E-state index in [-0.39, 0.29) is 11.8 Å². The molecule has 0 aromatic heterocycles. The first-order valence-corrected chi connectivity index (χ1v) is 7.98. The van der Waals surface area contributed by atoms with Gasteiger partial charge in [-0.1, -0.05) is 29.8 Å². The Kier molecular flexibility index (Phi) is 4.63. The number of rotatable bonds is 3. The number of benzene rings is 2. The van der Waals surface area contributed by atoms with Crippen LogP contribution in [0.2, 0.25) is 5.02 Å². The molecular formula is C18H17ClN2O2. The predicted octanol–water partition coefficient (Wildman–Crippen LogP) is 3.83. The molecule has 1 heterocycles. The molecule has 1 saturated heterocycles. The first-order chi connectivity index (χ1) is 11.1. The van der Waals surface area contributed by atoms with Crippen molar-refractivity contribution in [1.82, 2.24) is 4.90 Å². The van der Waals surface area contributed by atoms with Crippen LogP contribution in [0.25, 0.3) is 0 Å². The third-order valence-corrected chi connectivity index (χ3v) is 4.22. The van der Waals surface area contributed by atoms with E-state index >= 15 is 0 Å². The number of carbonyl (C=O) groups excluding carboxylic acids is 2. The molecule has 0 radical (unpaired) electrons. The summed E-state index contributed by atoms with van der Waals surface area (Å²) in [5.41, 5.74) is 1.53. The number of anilines is 1. The van der Waals surface area contributed by atoms with Gasteiger partial charge in [0.2, 0.25) is 0 Å².